The van der Waals surface area contributed by atoms with E-state index in [1.54, 1.807) is 35.4 Å². The van der Waals surface area contributed by atoms with Crippen LogP contribution in [-0.2, 0) is 9.84 Å². The minimum absolute atomic E-state index is 0.250. The van der Waals surface area contributed by atoms with Gasteiger partial charge in [-0.1, -0.05) is 23.7 Å². The van der Waals surface area contributed by atoms with Gasteiger partial charge in [-0.05, 0) is 37.3 Å². The van der Waals surface area contributed by atoms with E-state index in [9.17, 15) is 8.42 Å². The lowest BCUT2D eigenvalue weighted by Crippen LogP contribution is -3.14. The first kappa shape index (κ1) is 19.2. The number of nitrogens with zero attached hydrogens (tertiary/aromatic N) is 1. The zero-order chi connectivity index (χ0) is 19.7. The second-order valence-corrected chi connectivity index (χ2v) is 9.45. The van der Waals surface area contributed by atoms with Crippen LogP contribution in [0.1, 0.15) is 6.92 Å². The van der Waals surface area contributed by atoms with Crippen molar-refractivity contribution in [2.75, 3.05) is 37.6 Å². The monoisotopic (exact) mass is 417 g/mol. The molecule has 0 spiro atoms. The zero-order valence-electron chi connectivity index (χ0n) is 15.8. The van der Waals surface area contributed by atoms with Gasteiger partial charge >= 0.3 is 0 Å². The molecule has 3 aromatic rings. The molecule has 7 heteroatoms. The van der Waals surface area contributed by atoms with Crippen LogP contribution in [0.4, 0.5) is 5.69 Å². The summed E-state index contributed by atoms with van der Waals surface area (Å²) in [7, 11) is -3.68. The molecule has 0 bridgehead atoms. The van der Waals surface area contributed by atoms with Gasteiger partial charge in [0.05, 0.1) is 48.7 Å². The standard InChI is InChI=1S/C21H22ClN3O2S/c1-2-24-11-13-25(14-12-24)21-18-5-3-4-6-19(18)23-15-20(21)28(26,27)17-9-7-16(22)8-10-17/h3-10,15H,2,11-14H2,1H3/p+2. The quantitative estimate of drug-likeness (QED) is 0.705. The molecule has 0 radical (unpaired) electrons. The molecule has 1 aliphatic rings. The van der Waals surface area contributed by atoms with Crippen LogP contribution in [0.3, 0.4) is 0 Å². The van der Waals surface area contributed by atoms with Crippen LogP contribution >= 0.6 is 11.6 Å². The fourth-order valence-electron chi connectivity index (χ4n) is 3.83. The number of pyridine rings is 1. The average molecular weight is 418 g/mol. The smallest absolute Gasteiger partial charge is 0.214 e. The molecule has 2 N–H and O–H groups in total. The van der Waals surface area contributed by atoms with E-state index in [0.717, 1.165) is 49.3 Å². The lowest BCUT2D eigenvalue weighted by Gasteiger charge is -2.34. The van der Waals surface area contributed by atoms with Gasteiger partial charge in [0.15, 0.2) is 11.1 Å². The molecule has 1 fully saturated rings. The summed E-state index contributed by atoms with van der Waals surface area (Å²) >= 11 is 5.95. The lowest BCUT2D eigenvalue weighted by molar-refractivity contribution is -0.898. The Morgan fingerprint density at radius 3 is 2.43 bits per heavy atom. The fraction of sp³-hybridized carbons (Fsp3) is 0.286. The van der Waals surface area contributed by atoms with Crippen LogP contribution in [-0.4, -0.2) is 41.1 Å². The zero-order valence-corrected chi connectivity index (χ0v) is 17.4. The molecule has 1 saturated heterocycles. The number of fused-ring (bicyclic) bond motifs is 1. The van der Waals surface area contributed by atoms with E-state index in [1.807, 2.05) is 24.3 Å². The third-order valence-electron chi connectivity index (χ3n) is 5.47. The third kappa shape index (κ3) is 3.48. The number of benzene rings is 2. The molecule has 0 saturated carbocycles. The van der Waals surface area contributed by atoms with Crippen LogP contribution < -0.4 is 14.8 Å². The summed E-state index contributed by atoms with van der Waals surface area (Å²) in [4.78, 5) is 7.50. The van der Waals surface area contributed by atoms with Gasteiger partial charge in [-0.15, -0.1) is 0 Å². The molecule has 2 heterocycles. The Morgan fingerprint density at radius 2 is 1.75 bits per heavy atom. The van der Waals surface area contributed by atoms with E-state index in [4.69, 9.17) is 11.6 Å². The van der Waals surface area contributed by atoms with E-state index in [1.165, 1.54) is 0 Å². The Morgan fingerprint density at radius 1 is 1.07 bits per heavy atom. The van der Waals surface area contributed by atoms with Gasteiger partial charge in [-0.2, -0.15) is 0 Å². The van der Waals surface area contributed by atoms with Crippen molar-refractivity contribution in [2.24, 2.45) is 0 Å². The average Bonchev–Trinajstić information content (AvgIpc) is 2.73. The van der Waals surface area contributed by atoms with Crippen LogP contribution in [0.15, 0.2) is 64.5 Å². The second kappa shape index (κ2) is 7.70. The number of sulfone groups is 1. The Labute approximate surface area is 170 Å². The molecule has 0 aliphatic carbocycles. The van der Waals surface area contributed by atoms with Crippen molar-refractivity contribution in [3.8, 4) is 0 Å². The number of anilines is 1. The van der Waals surface area contributed by atoms with Crippen molar-refractivity contribution in [1.82, 2.24) is 0 Å². The number of rotatable bonds is 4. The first-order valence-corrected chi connectivity index (χ1v) is 11.4. The van der Waals surface area contributed by atoms with E-state index >= 15 is 0 Å². The molecule has 0 atom stereocenters. The molecule has 28 heavy (non-hydrogen) atoms. The van der Waals surface area contributed by atoms with Crippen LogP contribution in [0.25, 0.3) is 10.9 Å². The number of quaternary nitrogens is 1. The summed E-state index contributed by atoms with van der Waals surface area (Å²) in [6.45, 7) is 6.95. The molecule has 0 unspecified atom stereocenters. The molecular formula is C21H24ClN3O2S+2. The van der Waals surface area contributed by atoms with Gasteiger partial charge in [0.2, 0.25) is 15.4 Å². The summed E-state index contributed by atoms with van der Waals surface area (Å²) in [5.41, 5.74) is 1.72. The molecular weight excluding hydrogens is 394 g/mol. The highest BCUT2D eigenvalue weighted by Crippen LogP contribution is 2.34. The fourth-order valence-corrected chi connectivity index (χ4v) is 5.41. The maximum atomic E-state index is 13.5. The second-order valence-electron chi connectivity index (χ2n) is 7.10. The van der Waals surface area contributed by atoms with Gasteiger partial charge in [0.25, 0.3) is 0 Å². The molecule has 1 aromatic heterocycles. The predicted molar refractivity (Wildman–Crippen MR) is 111 cm³/mol. The topological polar surface area (TPSA) is 56.0 Å². The van der Waals surface area contributed by atoms with Crippen molar-refractivity contribution in [3.05, 3.63) is 59.8 Å². The Balaban J connectivity index is 1.88. The third-order valence-corrected chi connectivity index (χ3v) is 7.51. The molecule has 146 valence electrons. The molecule has 4 rings (SSSR count). The van der Waals surface area contributed by atoms with E-state index < -0.39 is 9.84 Å². The van der Waals surface area contributed by atoms with Crippen LogP contribution in [0.5, 0.6) is 0 Å². The van der Waals surface area contributed by atoms with E-state index in [2.05, 4.69) is 16.8 Å². The van der Waals surface area contributed by atoms with Gasteiger partial charge < -0.3 is 9.80 Å². The van der Waals surface area contributed by atoms with E-state index in [-0.39, 0.29) is 4.90 Å². The number of para-hydroxylation sites is 1. The number of hydrogen-bond acceptors (Lipinski definition) is 3. The summed E-state index contributed by atoms with van der Waals surface area (Å²) in [6.07, 6.45) is 1.63. The number of piperazine rings is 1. The number of aromatic nitrogens is 1. The van der Waals surface area contributed by atoms with Gasteiger partial charge in [0.1, 0.15) is 0 Å². The summed E-state index contributed by atoms with van der Waals surface area (Å²) in [5, 5.41) is 1.44. The van der Waals surface area contributed by atoms with Gasteiger partial charge in [0, 0.05) is 11.1 Å². The van der Waals surface area contributed by atoms with Crippen molar-refractivity contribution in [1.29, 1.82) is 0 Å². The van der Waals surface area contributed by atoms with Crippen molar-refractivity contribution in [3.63, 3.8) is 0 Å². The Hall–Kier alpha value is -2.15. The summed E-state index contributed by atoms with van der Waals surface area (Å²) in [5.74, 6) is 0. The number of nitrogens with one attached hydrogen (secondary N) is 2. The van der Waals surface area contributed by atoms with Gasteiger partial charge in [-0.3, -0.25) is 0 Å². The number of likely N-dealkylation sites (N-methyl/N-ethyl adjacent to an activating group) is 1. The SMILES string of the molecule is CC[NH+]1CCN(c2c(S(=O)(=O)c3ccc(Cl)cc3)c[nH+]c3ccccc23)CC1. The van der Waals surface area contributed by atoms with Crippen molar-refractivity contribution >= 4 is 38.0 Å². The van der Waals surface area contributed by atoms with E-state index in [0.29, 0.717) is 9.92 Å². The summed E-state index contributed by atoms with van der Waals surface area (Å²) < 4.78 is 27.0. The lowest BCUT2D eigenvalue weighted by atomic mass is 10.1. The van der Waals surface area contributed by atoms with Crippen molar-refractivity contribution < 1.29 is 18.3 Å². The Bertz CT molecular complexity index is 1090. The van der Waals surface area contributed by atoms with Gasteiger partial charge in [-0.25, -0.2) is 13.4 Å². The highest BCUT2D eigenvalue weighted by atomic mass is 35.5. The molecule has 5 nitrogen and oxygen atoms in total. The first-order chi connectivity index (χ1) is 13.5. The highest BCUT2D eigenvalue weighted by Gasteiger charge is 2.31. The predicted octanol–water partition coefficient (Wildman–Crippen LogP) is 1.86. The van der Waals surface area contributed by atoms with Crippen LogP contribution in [0.2, 0.25) is 5.02 Å². The number of halogens is 1. The maximum Gasteiger partial charge on any atom is 0.214 e. The van der Waals surface area contributed by atoms with Crippen LogP contribution in [0, 0.1) is 0 Å². The molecule has 1 aliphatic heterocycles. The number of hydrogen-bond donors (Lipinski definition) is 1. The highest BCUT2D eigenvalue weighted by molar-refractivity contribution is 7.91. The largest absolute Gasteiger partial charge is 0.358 e. The number of H-pyrrole nitrogens is 1. The van der Waals surface area contributed by atoms with Crippen molar-refractivity contribution in [2.45, 2.75) is 16.7 Å². The Kier molecular flexibility index (Phi) is 5.27. The molecule has 2 aromatic carbocycles. The summed E-state index contributed by atoms with van der Waals surface area (Å²) in [6, 6.07) is 14.2. The maximum absolute atomic E-state index is 13.5. The normalized spacial score (nSPS) is 15.9. The minimum atomic E-state index is -3.68. The minimum Gasteiger partial charge on any atom is -0.358 e. The number of aromatic amines is 1. The molecule has 0 amide bonds. The first-order valence-electron chi connectivity index (χ1n) is 9.53.